The van der Waals surface area contributed by atoms with Crippen molar-refractivity contribution in [2.45, 2.75) is 71.2 Å². The Morgan fingerprint density at radius 1 is 1.21 bits per heavy atom. The second-order valence-electron chi connectivity index (χ2n) is 6.27. The molecule has 0 radical (unpaired) electrons. The van der Waals surface area contributed by atoms with Gasteiger partial charge >= 0.3 is 5.97 Å². The Kier molecular flexibility index (Phi) is 9.50. The molecule has 0 rings (SSSR count). The molecule has 1 atom stereocenters. The van der Waals surface area contributed by atoms with Crippen LogP contribution in [0.5, 0.6) is 0 Å². The van der Waals surface area contributed by atoms with Crippen molar-refractivity contribution in [2.75, 3.05) is 12.4 Å². The molecular weight excluding hydrogens is 263 g/mol. The molecule has 0 N–H and O–H groups in total. The molecule has 114 valence electrons. The molecule has 0 bridgehead atoms. The quantitative estimate of drug-likeness (QED) is 0.458. The highest BCUT2D eigenvalue weighted by atomic mass is 32.2. The largest absolute Gasteiger partial charge is 0.459 e. The first-order valence-corrected chi connectivity index (χ1v) is 8.21. The topological polar surface area (TPSA) is 26.3 Å². The first-order chi connectivity index (χ1) is 8.76. The summed E-state index contributed by atoms with van der Waals surface area (Å²) >= 11 is 1.65. The molecule has 0 saturated carbocycles. The number of esters is 1. The summed E-state index contributed by atoms with van der Waals surface area (Å²) in [4.78, 5) is 12.1. The number of halogens is 1. The number of hydrogen-bond donors (Lipinski definition) is 0. The van der Waals surface area contributed by atoms with Crippen LogP contribution >= 0.6 is 11.8 Å². The molecule has 0 heterocycles. The third-order valence-electron chi connectivity index (χ3n) is 2.45. The predicted molar refractivity (Wildman–Crippen MR) is 81.4 cm³/mol. The minimum Gasteiger partial charge on any atom is -0.459 e. The molecule has 0 aromatic rings. The van der Waals surface area contributed by atoms with E-state index in [1.165, 1.54) is 0 Å². The molecule has 0 amide bonds. The van der Waals surface area contributed by atoms with Crippen molar-refractivity contribution in [1.29, 1.82) is 0 Å². The zero-order chi connectivity index (χ0) is 14.9. The van der Waals surface area contributed by atoms with Gasteiger partial charge in [-0.25, -0.2) is 0 Å². The number of carbonyl (C=O) groups excluding carboxylic acids is 1. The Hall–Kier alpha value is -0.250. The summed E-state index contributed by atoms with van der Waals surface area (Å²) in [6, 6.07) is 0. The molecule has 0 aliphatic rings. The monoisotopic (exact) mass is 292 g/mol. The van der Waals surface area contributed by atoms with Crippen molar-refractivity contribution in [1.82, 2.24) is 0 Å². The molecule has 19 heavy (non-hydrogen) atoms. The van der Waals surface area contributed by atoms with Gasteiger partial charge in [0.25, 0.3) is 0 Å². The van der Waals surface area contributed by atoms with E-state index in [0.29, 0.717) is 12.3 Å². The summed E-state index contributed by atoms with van der Waals surface area (Å²) < 4.78 is 17.4. The van der Waals surface area contributed by atoms with Crippen LogP contribution in [-0.4, -0.2) is 29.2 Å². The first kappa shape index (κ1) is 18.8. The van der Waals surface area contributed by atoms with Crippen LogP contribution in [0, 0.1) is 5.92 Å². The fraction of sp³-hybridized carbons (Fsp3) is 0.933. The van der Waals surface area contributed by atoms with Crippen molar-refractivity contribution in [3.8, 4) is 0 Å². The van der Waals surface area contributed by atoms with Crippen LogP contribution in [0.3, 0.4) is 0 Å². The van der Waals surface area contributed by atoms with Gasteiger partial charge in [-0.1, -0.05) is 20.3 Å². The first-order valence-electron chi connectivity index (χ1n) is 7.16. The van der Waals surface area contributed by atoms with Gasteiger partial charge in [0.1, 0.15) is 10.9 Å². The minimum atomic E-state index is -0.429. The van der Waals surface area contributed by atoms with E-state index < -0.39 is 5.60 Å². The summed E-state index contributed by atoms with van der Waals surface area (Å²) in [5, 5.41) is -0.0930. The second-order valence-corrected chi connectivity index (χ2v) is 7.58. The highest BCUT2D eigenvalue weighted by Crippen LogP contribution is 2.24. The fourth-order valence-electron chi connectivity index (χ4n) is 1.63. The van der Waals surface area contributed by atoms with Gasteiger partial charge in [-0.3, -0.25) is 9.18 Å². The third kappa shape index (κ3) is 11.3. The van der Waals surface area contributed by atoms with E-state index in [2.05, 4.69) is 13.8 Å². The number of rotatable bonds is 9. The van der Waals surface area contributed by atoms with Crippen LogP contribution in [-0.2, 0) is 9.53 Å². The van der Waals surface area contributed by atoms with Crippen molar-refractivity contribution >= 4 is 17.7 Å². The Morgan fingerprint density at radius 3 is 2.32 bits per heavy atom. The number of hydrogen-bond acceptors (Lipinski definition) is 3. The van der Waals surface area contributed by atoms with E-state index in [1.54, 1.807) is 11.8 Å². The maximum atomic E-state index is 12.1. The number of carbonyl (C=O) groups is 1. The number of ether oxygens (including phenoxy) is 1. The van der Waals surface area contributed by atoms with Gasteiger partial charge in [-0.15, -0.1) is 11.8 Å². The Balaban J connectivity index is 4.18. The van der Waals surface area contributed by atoms with Gasteiger partial charge in [0.2, 0.25) is 0 Å². The van der Waals surface area contributed by atoms with Gasteiger partial charge in [-0.2, -0.15) is 0 Å². The molecule has 0 aliphatic heterocycles. The van der Waals surface area contributed by atoms with E-state index in [-0.39, 0.29) is 17.9 Å². The SMILES string of the molecule is CC(C)CC(SCCCCCF)C(=O)OC(C)(C)C. The van der Waals surface area contributed by atoms with Crippen LogP contribution in [0.1, 0.15) is 60.3 Å². The van der Waals surface area contributed by atoms with E-state index in [4.69, 9.17) is 4.74 Å². The second kappa shape index (κ2) is 9.62. The summed E-state index contributed by atoms with van der Waals surface area (Å²) in [5.74, 6) is 1.25. The molecule has 1 unspecified atom stereocenters. The lowest BCUT2D eigenvalue weighted by Gasteiger charge is -2.24. The number of alkyl halides is 1. The molecule has 0 spiro atoms. The number of thioether (sulfide) groups is 1. The van der Waals surface area contributed by atoms with Gasteiger partial charge in [-0.05, 0) is 51.7 Å². The molecular formula is C15H29FO2S. The third-order valence-corrected chi connectivity index (χ3v) is 3.76. The molecule has 0 aromatic carbocycles. The Labute approximate surface area is 121 Å². The van der Waals surface area contributed by atoms with Crippen molar-refractivity contribution < 1.29 is 13.9 Å². The average Bonchev–Trinajstić information content (AvgIpc) is 2.24. The van der Waals surface area contributed by atoms with Crippen LogP contribution in [0.4, 0.5) is 4.39 Å². The van der Waals surface area contributed by atoms with E-state index in [9.17, 15) is 9.18 Å². The van der Waals surface area contributed by atoms with Gasteiger partial charge in [0.05, 0.1) is 6.67 Å². The lowest BCUT2D eigenvalue weighted by molar-refractivity contribution is -0.154. The predicted octanol–water partition coefficient (Wildman–Crippen LogP) is 4.62. The highest BCUT2D eigenvalue weighted by Gasteiger charge is 2.25. The molecule has 4 heteroatoms. The van der Waals surface area contributed by atoms with Gasteiger partial charge in [0, 0.05) is 0 Å². The van der Waals surface area contributed by atoms with Crippen LogP contribution in [0.15, 0.2) is 0 Å². The van der Waals surface area contributed by atoms with Gasteiger partial charge in [0.15, 0.2) is 0 Å². The lowest BCUT2D eigenvalue weighted by Crippen LogP contribution is -2.31. The van der Waals surface area contributed by atoms with Crippen LogP contribution in [0.2, 0.25) is 0 Å². The van der Waals surface area contributed by atoms with E-state index in [1.807, 2.05) is 20.8 Å². The summed E-state index contributed by atoms with van der Waals surface area (Å²) in [5.41, 5.74) is -0.429. The van der Waals surface area contributed by atoms with Crippen LogP contribution < -0.4 is 0 Å². The zero-order valence-corrected chi connectivity index (χ0v) is 13.8. The molecule has 0 saturated heterocycles. The average molecular weight is 292 g/mol. The van der Waals surface area contributed by atoms with Crippen LogP contribution in [0.25, 0.3) is 0 Å². The maximum absolute atomic E-state index is 12.1. The Bertz CT molecular complexity index is 249. The molecule has 0 fully saturated rings. The summed E-state index contributed by atoms with van der Waals surface area (Å²) in [6.07, 6.45) is 3.32. The maximum Gasteiger partial charge on any atom is 0.319 e. The molecule has 0 aliphatic carbocycles. The van der Waals surface area contributed by atoms with Gasteiger partial charge < -0.3 is 4.74 Å². The van der Waals surface area contributed by atoms with E-state index >= 15 is 0 Å². The lowest BCUT2D eigenvalue weighted by atomic mass is 10.1. The highest BCUT2D eigenvalue weighted by molar-refractivity contribution is 8.00. The van der Waals surface area contributed by atoms with Crippen molar-refractivity contribution in [2.24, 2.45) is 5.92 Å². The number of unbranched alkanes of at least 4 members (excludes halogenated alkanes) is 2. The Morgan fingerprint density at radius 2 is 1.84 bits per heavy atom. The standard InChI is InChI=1S/C15H29FO2S/c1-12(2)11-13(14(17)18-15(3,4)5)19-10-8-6-7-9-16/h12-13H,6-11H2,1-5H3. The zero-order valence-electron chi connectivity index (χ0n) is 13.0. The molecule has 2 nitrogen and oxygen atoms in total. The smallest absolute Gasteiger partial charge is 0.319 e. The normalized spacial score (nSPS) is 13.6. The fourth-order valence-corrected chi connectivity index (χ4v) is 2.99. The molecule has 0 aromatic heterocycles. The van der Waals surface area contributed by atoms with Crippen molar-refractivity contribution in [3.63, 3.8) is 0 Å². The van der Waals surface area contributed by atoms with E-state index in [0.717, 1.165) is 25.0 Å². The van der Waals surface area contributed by atoms with Crippen molar-refractivity contribution in [3.05, 3.63) is 0 Å². The summed E-state index contributed by atoms with van der Waals surface area (Å²) in [7, 11) is 0. The minimum absolute atomic E-state index is 0.0930. The summed E-state index contributed by atoms with van der Waals surface area (Å²) in [6.45, 7) is 9.66.